The van der Waals surface area contributed by atoms with E-state index in [-0.39, 0.29) is 18.5 Å². The number of aliphatic hydroxyl groups excluding tert-OH is 2. The second-order valence-electron chi connectivity index (χ2n) is 20.0. The van der Waals surface area contributed by atoms with E-state index in [2.05, 4.69) is 43.5 Å². The van der Waals surface area contributed by atoms with Crippen LogP contribution >= 0.6 is 0 Å². The van der Waals surface area contributed by atoms with E-state index in [9.17, 15) is 19.8 Å². The summed E-state index contributed by atoms with van der Waals surface area (Å²) in [6.45, 7) is 4.88. The largest absolute Gasteiger partial charge is 0.466 e. The summed E-state index contributed by atoms with van der Waals surface area (Å²) in [5, 5.41) is 23.1. The van der Waals surface area contributed by atoms with E-state index in [0.717, 1.165) is 51.4 Å². The van der Waals surface area contributed by atoms with Crippen LogP contribution in [0.3, 0.4) is 0 Å². The highest BCUT2D eigenvalue weighted by Gasteiger charge is 2.18. The average molecular weight is 929 g/mol. The van der Waals surface area contributed by atoms with Gasteiger partial charge in [0, 0.05) is 12.8 Å². The van der Waals surface area contributed by atoms with Crippen LogP contribution < -0.4 is 5.32 Å². The first-order valence-corrected chi connectivity index (χ1v) is 29.3. The standard InChI is InChI=1S/C60H113NO5/c1-3-5-7-9-11-13-15-28-32-36-40-44-48-52-58(63)57(56-62)61-59(64)53-49-45-41-37-33-30-26-24-22-20-18-17-19-21-23-25-27-31-35-39-43-47-51-55-66-60(65)54-50-46-42-38-34-29-16-14-12-10-8-6-4-2/h14,16,20,22,48,52,57-58,62-63H,3-13,15,17-19,21,23-47,49-51,53-56H2,1-2H3,(H,61,64)/b16-14-,22-20-,52-48+. The fourth-order valence-electron chi connectivity index (χ4n) is 8.86. The van der Waals surface area contributed by atoms with Crippen molar-refractivity contribution in [3.63, 3.8) is 0 Å². The van der Waals surface area contributed by atoms with Gasteiger partial charge in [-0.25, -0.2) is 0 Å². The van der Waals surface area contributed by atoms with Crippen molar-refractivity contribution >= 4 is 11.9 Å². The van der Waals surface area contributed by atoms with Crippen LogP contribution in [-0.4, -0.2) is 47.4 Å². The number of ether oxygens (including phenoxy) is 1. The Kier molecular flexibility index (Phi) is 54.1. The topological polar surface area (TPSA) is 95.9 Å². The fourth-order valence-corrected chi connectivity index (χ4v) is 8.86. The smallest absolute Gasteiger partial charge is 0.305 e. The van der Waals surface area contributed by atoms with Crippen molar-refractivity contribution < 1.29 is 24.5 Å². The molecule has 0 saturated carbocycles. The summed E-state index contributed by atoms with van der Waals surface area (Å²) in [6, 6.07) is -0.632. The number of unbranched alkanes of at least 4 members (excludes halogenated alkanes) is 39. The number of esters is 1. The molecule has 0 aromatic rings. The van der Waals surface area contributed by atoms with Crippen LogP contribution in [0.15, 0.2) is 36.5 Å². The number of hydrogen-bond donors (Lipinski definition) is 3. The third-order valence-corrected chi connectivity index (χ3v) is 13.4. The van der Waals surface area contributed by atoms with E-state index in [0.29, 0.717) is 19.4 Å². The van der Waals surface area contributed by atoms with E-state index in [4.69, 9.17) is 4.74 Å². The van der Waals surface area contributed by atoms with Crippen LogP contribution in [0.5, 0.6) is 0 Å². The Hall–Kier alpha value is -1.92. The van der Waals surface area contributed by atoms with Crippen molar-refractivity contribution in [2.45, 2.75) is 321 Å². The first kappa shape index (κ1) is 64.1. The Bertz CT molecular complexity index is 1070. The Balaban J connectivity index is 3.43. The van der Waals surface area contributed by atoms with E-state index < -0.39 is 12.1 Å². The van der Waals surface area contributed by atoms with Crippen molar-refractivity contribution in [3.05, 3.63) is 36.5 Å². The minimum Gasteiger partial charge on any atom is -0.466 e. The summed E-state index contributed by atoms with van der Waals surface area (Å²) in [6.07, 6.45) is 68.9. The molecule has 2 unspecified atom stereocenters. The lowest BCUT2D eigenvalue weighted by atomic mass is 10.0. The lowest BCUT2D eigenvalue weighted by Gasteiger charge is -2.20. The van der Waals surface area contributed by atoms with Crippen LogP contribution in [0, 0.1) is 0 Å². The Labute approximate surface area is 411 Å². The molecule has 0 heterocycles. The predicted molar refractivity (Wildman–Crippen MR) is 287 cm³/mol. The van der Waals surface area contributed by atoms with Crippen molar-refractivity contribution in [3.8, 4) is 0 Å². The van der Waals surface area contributed by atoms with Crippen LogP contribution in [0.25, 0.3) is 0 Å². The van der Waals surface area contributed by atoms with Gasteiger partial charge in [0.2, 0.25) is 5.91 Å². The SMILES string of the molecule is CCCCCC/C=C\CCCCCCCC(=O)OCCCCCCCCCCCCCC/C=C\CCCCCCCCCC(=O)NC(CO)C(O)/C=C/CCCCCCCCCCCCC. The highest BCUT2D eigenvalue weighted by molar-refractivity contribution is 5.76. The molecular formula is C60H113NO5. The van der Waals surface area contributed by atoms with Gasteiger partial charge < -0.3 is 20.3 Å². The molecule has 0 aromatic heterocycles. The zero-order chi connectivity index (χ0) is 47.9. The minimum absolute atomic E-state index is 0.00137. The molecule has 0 saturated heterocycles. The molecular weight excluding hydrogens is 815 g/mol. The third-order valence-electron chi connectivity index (χ3n) is 13.4. The zero-order valence-corrected chi connectivity index (χ0v) is 44.2. The Morgan fingerprint density at radius 1 is 0.409 bits per heavy atom. The number of aliphatic hydroxyl groups is 2. The molecule has 6 nitrogen and oxygen atoms in total. The van der Waals surface area contributed by atoms with E-state index in [1.165, 1.54) is 231 Å². The van der Waals surface area contributed by atoms with E-state index in [1.54, 1.807) is 6.08 Å². The molecule has 0 bridgehead atoms. The van der Waals surface area contributed by atoms with Crippen LogP contribution in [0.2, 0.25) is 0 Å². The summed E-state index contributed by atoms with van der Waals surface area (Å²) in [4.78, 5) is 24.4. The third kappa shape index (κ3) is 51.5. The van der Waals surface area contributed by atoms with Crippen LogP contribution in [-0.2, 0) is 14.3 Å². The van der Waals surface area contributed by atoms with E-state index in [1.807, 2.05) is 6.08 Å². The summed E-state index contributed by atoms with van der Waals surface area (Å²) in [5.41, 5.74) is 0. The van der Waals surface area contributed by atoms with Gasteiger partial charge in [-0.15, -0.1) is 0 Å². The quantitative estimate of drug-likeness (QED) is 0.0321. The fraction of sp³-hybridized carbons (Fsp3) is 0.867. The number of carbonyl (C=O) groups excluding carboxylic acids is 2. The van der Waals surface area contributed by atoms with Crippen molar-refractivity contribution in [2.24, 2.45) is 0 Å². The molecule has 3 N–H and O–H groups in total. The summed E-state index contributed by atoms with van der Waals surface area (Å²) in [5.74, 6) is -0.0732. The normalized spacial score (nSPS) is 12.8. The highest BCUT2D eigenvalue weighted by atomic mass is 16.5. The molecule has 0 fully saturated rings. The first-order valence-electron chi connectivity index (χ1n) is 29.3. The number of allylic oxidation sites excluding steroid dienone is 5. The van der Waals surface area contributed by atoms with Gasteiger partial charge in [-0.05, 0) is 83.5 Å². The van der Waals surface area contributed by atoms with Gasteiger partial charge in [0.05, 0.1) is 25.4 Å². The van der Waals surface area contributed by atoms with E-state index >= 15 is 0 Å². The van der Waals surface area contributed by atoms with Gasteiger partial charge >= 0.3 is 5.97 Å². The molecule has 0 aromatic carbocycles. The average Bonchev–Trinajstić information content (AvgIpc) is 3.32. The number of amides is 1. The van der Waals surface area contributed by atoms with Crippen LogP contribution in [0.4, 0.5) is 0 Å². The number of hydrogen-bond acceptors (Lipinski definition) is 5. The monoisotopic (exact) mass is 928 g/mol. The molecule has 0 aliphatic carbocycles. The van der Waals surface area contributed by atoms with Gasteiger partial charge in [0.1, 0.15) is 0 Å². The minimum atomic E-state index is -0.847. The zero-order valence-electron chi connectivity index (χ0n) is 44.2. The second-order valence-corrected chi connectivity index (χ2v) is 20.0. The van der Waals surface area contributed by atoms with Gasteiger partial charge in [-0.2, -0.15) is 0 Å². The maximum absolute atomic E-state index is 12.4. The van der Waals surface area contributed by atoms with Gasteiger partial charge in [0.25, 0.3) is 0 Å². The summed E-state index contributed by atoms with van der Waals surface area (Å²) >= 11 is 0. The Morgan fingerprint density at radius 2 is 0.712 bits per heavy atom. The molecule has 0 rings (SSSR count). The van der Waals surface area contributed by atoms with Crippen molar-refractivity contribution in [1.82, 2.24) is 5.32 Å². The maximum Gasteiger partial charge on any atom is 0.305 e. The number of rotatable bonds is 54. The first-order chi connectivity index (χ1) is 32.5. The molecule has 6 heteroatoms. The second kappa shape index (κ2) is 55.7. The van der Waals surface area contributed by atoms with Crippen LogP contribution in [0.1, 0.15) is 309 Å². The molecule has 0 aliphatic rings. The lowest BCUT2D eigenvalue weighted by molar-refractivity contribution is -0.143. The van der Waals surface area contributed by atoms with Gasteiger partial charge in [-0.3, -0.25) is 9.59 Å². The Morgan fingerprint density at radius 3 is 1.09 bits per heavy atom. The van der Waals surface area contributed by atoms with Gasteiger partial charge in [0.15, 0.2) is 0 Å². The molecule has 0 aliphatic heterocycles. The lowest BCUT2D eigenvalue weighted by Crippen LogP contribution is -2.45. The molecule has 0 spiro atoms. The van der Waals surface area contributed by atoms with Gasteiger partial charge in [-0.1, -0.05) is 249 Å². The predicted octanol–water partition coefficient (Wildman–Crippen LogP) is 18.0. The molecule has 2 atom stereocenters. The number of carbonyl (C=O) groups is 2. The van der Waals surface area contributed by atoms with Crippen molar-refractivity contribution in [1.29, 1.82) is 0 Å². The molecule has 388 valence electrons. The summed E-state index contributed by atoms with van der Waals surface area (Å²) < 4.78 is 5.47. The summed E-state index contributed by atoms with van der Waals surface area (Å²) in [7, 11) is 0. The molecule has 0 radical (unpaired) electrons. The number of nitrogens with one attached hydrogen (secondary N) is 1. The molecule has 1 amide bonds. The van der Waals surface area contributed by atoms with Crippen molar-refractivity contribution in [2.75, 3.05) is 13.2 Å². The molecule has 66 heavy (non-hydrogen) atoms. The maximum atomic E-state index is 12.4. The highest BCUT2D eigenvalue weighted by Crippen LogP contribution is 2.16.